The van der Waals surface area contributed by atoms with Crippen molar-refractivity contribution in [2.45, 2.75) is 13.3 Å². The molecule has 0 aliphatic heterocycles. The van der Waals surface area contributed by atoms with Gasteiger partial charge in [0, 0.05) is 5.56 Å². The average Bonchev–Trinajstić information content (AvgIpc) is 2.77. The highest BCUT2D eigenvalue weighted by Gasteiger charge is 2.08. The average molecular weight is 198 g/mol. The standard InChI is InChI=1S/C12H10N2O/c1-2-9-3-5-10(6-4-9)12-11(7-13)8-15-14-12/h3-6,8H,2H2,1H3. The molecule has 0 atom stereocenters. The van der Waals surface area contributed by atoms with Crippen molar-refractivity contribution < 1.29 is 4.52 Å². The summed E-state index contributed by atoms with van der Waals surface area (Å²) in [6, 6.07) is 10.0. The van der Waals surface area contributed by atoms with E-state index in [0.717, 1.165) is 12.0 Å². The van der Waals surface area contributed by atoms with Crippen molar-refractivity contribution in [1.29, 1.82) is 5.26 Å². The van der Waals surface area contributed by atoms with E-state index in [4.69, 9.17) is 9.78 Å². The van der Waals surface area contributed by atoms with Gasteiger partial charge in [0.25, 0.3) is 0 Å². The third kappa shape index (κ3) is 1.75. The van der Waals surface area contributed by atoms with Gasteiger partial charge in [-0.25, -0.2) is 0 Å². The Labute approximate surface area is 87.9 Å². The molecule has 15 heavy (non-hydrogen) atoms. The maximum atomic E-state index is 8.82. The molecular weight excluding hydrogens is 188 g/mol. The molecule has 2 aromatic rings. The lowest BCUT2D eigenvalue weighted by Crippen LogP contribution is -1.83. The van der Waals surface area contributed by atoms with Crippen molar-refractivity contribution in [2.24, 2.45) is 0 Å². The molecule has 0 aliphatic carbocycles. The van der Waals surface area contributed by atoms with E-state index in [1.807, 2.05) is 30.3 Å². The summed E-state index contributed by atoms with van der Waals surface area (Å²) in [5.41, 5.74) is 3.26. The second-order valence-corrected chi connectivity index (χ2v) is 3.24. The van der Waals surface area contributed by atoms with E-state index in [1.165, 1.54) is 11.8 Å². The minimum absolute atomic E-state index is 0.472. The van der Waals surface area contributed by atoms with Gasteiger partial charge in [0.15, 0.2) is 0 Å². The second kappa shape index (κ2) is 3.97. The Bertz CT molecular complexity index is 491. The van der Waals surface area contributed by atoms with Gasteiger partial charge in [-0.15, -0.1) is 0 Å². The first-order valence-corrected chi connectivity index (χ1v) is 4.79. The Morgan fingerprint density at radius 3 is 2.67 bits per heavy atom. The summed E-state index contributed by atoms with van der Waals surface area (Å²) in [6.45, 7) is 2.10. The summed E-state index contributed by atoms with van der Waals surface area (Å²) in [6.07, 6.45) is 2.37. The van der Waals surface area contributed by atoms with Gasteiger partial charge in [0.2, 0.25) is 0 Å². The van der Waals surface area contributed by atoms with Crippen LogP contribution in [-0.4, -0.2) is 5.16 Å². The molecule has 0 saturated heterocycles. The van der Waals surface area contributed by atoms with Crippen molar-refractivity contribution in [3.63, 3.8) is 0 Å². The number of hydrogen-bond acceptors (Lipinski definition) is 3. The molecular formula is C12H10N2O. The van der Waals surface area contributed by atoms with Crippen LogP contribution in [0.1, 0.15) is 18.1 Å². The fraction of sp³-hybridized carbons (Fsp3) is 0.167. The zero-order chi connectivity index (χ0) is 10.7. The normalized spacial score (nSPS) is 9.87. The fourth-order valence-corrected chi connectivity index (χ4v) is 1.42. The summed E-state index contributed by atoms with van der Waals surface area (Å²) >= 11 is 0. The van der Waals surface area contributed by atoms with Gasteiger partial charge < -0.3 is 4.52 Å². The van der Waals surface area contributed by atoms with Gasteiger partial charge in [-0.05, 0) is 12.0 Å². The molecule has 0 unspecified atom stereocenters. The zero-order valence-corrected chi connectivity index (χ0v) is 8.40. The van der Waals surface area contributed by atoms with Crippen molar-refractivity contribution in [1.82, 2.24) is 5.16 Å². The first-order valence-electron chi connectivity index (χ1n) is 4.79. The van der Waals surface area contributed by atoms with Crippen LogP contribution in [0.25, 0.3) is 11.3 Å². The van der Waals surface area contributed by atoms with Crippen LogP contribution in [0.15, 0.2) is 35.1 Å². The molecule has 1 aromatic carbocycles. The molecule has 0 fully saturated rings. The van der Waals surface area contributed by atoms with Crippen LogP contribution in [0.4, 0.5) is 0 Å². The van der Waals surface area contributed by atoms with E-state index in [1.54, 1.807) is 0 Å². The molecule has 3 heteroatoms. The van der Waals surface area contributed by atoms with Gasteiger partial charge in [0.1, 0.15) is 23.6 Å². The molecule has 0 amide bonds. The lowest BCUT2D eigenvalue weighted by molar-refractivity contribution is 0.422. The van der Waals surface area contributed by atoms with Crippen LogP contribution in [0.5, 0.6) is 0 Å². The highest BCUT2D eigenvalue weighted by Crippen LogP contribution is 2.21. The lowest BCUT2D eigenvalue weighted by Gasteiger charge is -1.98. The fourth-order valence-electron chi connectivity index (χ4n) is 1.42. The number of aryl methyl sites for hydroxylation is 1. The Morgan fingerprint density at radius 1 is 1.33 bits per heavy atom. The van der Waals surface area contributed by atoms with Crippen molar-refractivity contribution in [3.8, 4) is 17.3 Å². The number of hydrogen-bond donors (Lipinski definition) is 0. The topological polar surface area (TPSA) is 49.8 Å². The van der Waals surface area contributed by atoms with Crippen LogP contribution in [0, 0.1) is 11.3 Å². The van der Waals surface area contributed by atoms with E-state index in [9.17, 15) is 0 Å². The Balaban J connectivity index is 2.42. The van der Waals surface area contributed by atoms with Crippen LogP contribution in [-0.2, 0) is 6.42 Å². The summed E-state index contributed by atoms with van der Waals surface area (Å²) in [4.78, 5) is 0. The van der Waals surface area contributed by atoms with Gasteiger partial charge >= 0.3 is 0 Å². The van der Waals surface area contributed by atoms with Crippen molar-refractivity contribution in [2.75, 3.05) is 0 Å². The monoisotopic (exact) mass is 198 g/mol. The van der Waals surface area contributed by atoms with Crippen LogP contribution in [0.3, 0.4) is 0 Å². The molecule has 0 saturated carbocycles. The smallest absolute Gasteiger partial charge is 0.142 e. The Kier molecular flexibility index (Phi) is 2.51. The molecule has 0 radical (unpaired) electrons. The van der Waals surface area contributed by atoms with E-state index >= 15 is 0 Å². The summed E-state index contributed by atoms with van der Waals surface area (Å²) in [5, 5.41) is 12.6. The van der Waals surface area contributed by atoms with E-state index in [2.05, 4.69) is 12.1 Å². The van der Waals surface area contributed by atoms with Crippen LogP contribution >= 0.6 is 0 Å². The second-order valence-electron chi connectivity index (χ2n) is 3.24. The molecule has 0 aliphatic rings. The Morgan fingerprint density at radius 2 is 2.07 bits per heavy atom. The van der Waals surface area contributed by atoms with Crippen molar-refractivity contribution in [3.05, 3.63) is 41.7 Å². The molecule has 74 valence electrons. The van der Waals surface area contributed by atoms with Gasteiger partial charge in [-0.3, -0.25) is 0 Å². The lowest BCUT2D eigenvalue weighted by atomic mass is 10.1. The number of aromatic nitrogens is 1. The predicted molar refractivity (Wildman–Crippen MR) is 56.0 cm³/mol. The van der Waals surface area contributed by atoms with Crippen molar-refractivity contribution >= 4 is 0 Å². The van der Waals surface area contributed by atoms with E-state index < -0.39 is 0 Å². The number of nitriles is 1. The summed E-state index contributed by atoms with van der Waals surface area (Å²) < 4.78 is 4.78. The number of benzene rings is 1. The Hall–Kier alpha value is -2.08. The van der Waals surface area contributed by atoms with E-state index in [0.29, 0.717) is 11.3 Å². The van der Waals surface area contributed by atoms with E-state index in [-0.39, 0.29) is 0 Å². The minimum atomic E-state index is 0.472. The largest absolute Gasteiger partial charge is 0.363 e. The maximum absolute atomic E-state index is 8.82. The number of nitrogens with zero attached hydrogens (tertiary/aromatic N) is 2. The SMILES string of the molecule is CCc1ccc(-c2nocc2C#N)cc1. The quantitative estimate of drug-likeness (QED) is 0.745. The molecule has 0 spiro atoms. The third-order valence-electron chi connectivity index (χ3n) is 2.33. The zero-order valence-electron chi connectivity index (χ0n) is 8.40. The van der Waals surface area contributed by atoms with Gasteiger partial charge in [0.05, 0.1) is 0 Å². The van der Waals surface area contributed by atoms with Gasteiger partial charge in [-0.2, -0.15) is 5.26 Å². The maximum Gasteiger partial charge on any atom is 0.142 e. The van der Waals surface area contributed by atoms with Crippen LogP contribution < -0.4 is 0 Å². The first kappa shape index (κ1) is 9.47. The summed E-state index contributed by atoms with van der Waals surface area (Å²) in [7, 11) is 0. The first-order chi connectivity index (χ1) is 7.35. The summed E-state index contributed by atoms with van der Waals surface area (Å²) in [5.74, 6) is 0. The molecule has 1 aromatic heterocycles. The highest BCUT2D eigenvalue weighted by atomic mass is 16.5. The molecule has 3 nitrogen and oxygen atoms in total. The molecule has 2 rings (SSSR count). The highest BCUT2D eigenvalue weighted by molar-refractivity contribution is 5.65. The van der Waals surface area contributed by atoms with Crippen LogP contribution in [0.2, 0.25) is 0 Å². The minimum Gasteiger partial charge on any atom is -0.363 e. The third-order valence-corrected chi connectivity index (χ3v) is 2.33. The predicted octanol–water partition coefficient (Wildman–Crippen LogP) is 2.78. The number of rotatable bonds is 2. The molecule has 0 bridgehead atoms. The molecule has 0 N–H and O–H groups in total. The molecule has 1 heterocycles. The van der Waals surface area contributed by atoms with Gasteiger partial charge in [-0.1, -0.05) is 36.3 Å².